The van der Waals surface area contributed by atoms with Crippen LogP contribution in [-0.2, 0) is 0 Å². The van der Waals surface area contributed by atoms with Gasteiger partial charge in [-0.05, 0) is 31.7 Å². The van der Waals surface area contributed by atoms with E-state index in [0.29, 0.717) is 5.92 Å². The smallest absolute Gasteiger partial charge is 0.0568 e. The first-order chi connectivity index (χ1) is 4.34. The quantitative estimate of drug-likeness (QED) is 0.639. The molecule has 0 amide bonds. The summed E-state index contributed by atoms with van der Waals surface area (Å²) in [5.74, 6) is 0.509. The highest BCUT2D eigenvalue weighted by Gasteiger charge is 2.23. The van der Waals surface area contributed by atoms with Gasteiger partial charge in [-0.2, -0.15) is 0 Å². The zero-order chi connectivity index (χ0) is 6.69. The summed E-state index contributed by atoms with van der Waals surface area (Å²) >= 11 is 0. The van der Waals surface area contributed by atoms with Crippen molar-refractivity contribution in [1.29, 1.82) is 0 Å². The van der Waals surface area contributed by atoms with Crippen molar-refractivity contribution in [2.75, 3.05) is 6.54 Å². The molecule has 1 aliphatic carbocycles. The molecule has 0 heterocycles. The summed E-state index contributed by atoms with van der Waals surface area (Å²) in [4.78, 5) is 0. The molecule has 3 N–H and O–H groups in total. The monoisotopic (exact) mass is 165 g/mol. The molecule has 0 aromatic carbocycles. The van der Waals surface area contributed by atoms with Gasteiger partial charge >= 0.3 is 0 Å². The van der Waals surface area contributed by atoms with Crippen molar-refractivity contribution in [3.05, 3.63) is 0 Å². The molecular formula is C7H16ClNO. The minimum absolute atomic E-state index is 0. The zero-order valence-electron chi connectivity index (χ0n) is 6.12. The lowest BCUT2D eigenvalue weighted by Gasteiger charge is -2.11. The van der Waals surface area contributed by atoms with E-state index in [2.05, 4.69) is 0 Å². The molecule has 0 aromatic heterocycles. The number of hydrogen-bond acceptors (Lipinski definition) is 2. The summed E-state index contributed by atoms with van der Waals surface area (Å²) in [6, 6.07) is 0. The van der Waals surface area contributed by atoms with Crippen LogP contribution in [0.15, 0.2) is 0 Å². The highest BCUT2D eigenvalue weighted by atomic mass is 35.5. The van der Waals surface area contributed by atoms with Crippen molar-refractivity contribution >= 4 is 12.4 Å². The Kier molecular flexibility index (Phi) is 5.04. The minimum Gasteiger partial charge on any atom is -0.393 e. The van der Waals surface area contributed by atoms with E-state index in [-0.39, 0.29) is 18.5 Å². The lowest BCUT2D eigenvalue weighted by molar-refractivity contribution is 0.129. The first kappa shape index (κ1) is 10.2. The third kappa shape index (κ3) is 2.45. The van der Waals surface area contributed by atoms with Crippen LogP contribution >= 0.6 is 12.4 Å². The Morgan fingerprint density at radius 3 is 2.50 bits per heavy atom. The van der Waals surface area contributed by atoms with E-state index in [1.807, 2.05) is 0 Å². The van der Waals surface area contributed by atoms with Gasteiger partial charge in [-0.25, -0.2) is 0 Å². The molecule has 2 atom stereocenters. The number of nitrogens with two attached hydrogens (primary N) is 1. The van der Waals surface area contributed by atoms with Crippen LogP contribution in [0, 0.1) is 5.92 Å². The average Bonchev–Trinajstić information content (AvgIpc) is 2.18. The van der Waals surface area contributed by atoms with E-state index >= 15 is 0 Å². The van der Waals surface area contributed by atoms with Crippen LogP contribution in [0.3, 0.4) is 0 Å². The Morgan fingerprint density at radius 1 is 1.40 bits per heavy atom. The number of halogens is 1. The van der Waals surface area contributed by atoms with Crippen molar-refractivity contribution in [1.82, 2.24) is 0 Å². The van der Waals surface area contributed by atoms with Crippen LogP contribution in [0.5, 0.6) is 0 Å². The van der Waals surface area contributed by atoms with Crippen molar-refractivity contribution in [3.8, 4) is 0 Å². The van der Waals surface area contributed by atoms with Gasteiger partial charge in [-0.15, -0.1) is 12.4 Å². The van der Waals surface area contributed by atoms with Gasteiger partial charge in [0.25, 0.3) is 0 Å². The predicted octanol–water partition coefficient (Wildman–Crippen LogP) is 0.918. The molecule has 0 radical (unpaired) electrons. The average molecular weight is 166 g/mol. The molecule has 0 aliphatic heterocycles. The van der Waals surface area contributed by atoms with Crippen LogP contribution in [0.4, 0.5) is 0 Å². The maximum Gasteiger partial charge on any atom is 0.0568 e. The summed E-state index contributed by atoms with van der Waals surface area (Å²) in [7, 11) is 0. The lowest BCUT2D eigenvalue weighted by atomic mass is 10.0. The summed E-state index contributed by atoms with van der Waals surface area (Å²) in [6.45, 7) is 0.724. The fraction of sp³-hybridized carbons (Fsp3) is 1.00. The summed E-state index contributed by atoms with van der Waals surface area (Å²) in [6.07, 6.45) is 4.31. The van der Waals surface area contributed by atoms with Gasteiger partial charge in [0.2, 0.25) is 0 Å². The molecule has 3 heteroatoms. The lowest BCUT2D eigenvalue weighted by Crippen LogP contribution is -2.16. The summed E-state index contributed by atoms with van der Waals surface area (Å²) in [5.41, 5.74) is 5.36. The largest absolute Gasteiger partial charge is 0.393 e. The Bertz CT molecular complexity index is 89.7. The van der Waals surface area contributed by atoms with Crippen molar-refractivity contribution in [3.63, 3.8) is 0 Å². The molecule has 0 spiro atoms. The van der Waals surface area contributed by atoms with Gasteiger partial charge in [0.05, 0.1) is 6.10 Å². The fourth-order valence-electron chi connectivity index (χ4n) is 1.57. The van der Waals surface area contributed by atoms with Gasteiger partial charge in [-0.1, -0.05) is 6.42 Å². The zero-order valence-corrected chi connectivity index (χ0v) is 6.94. The van der Waals surface area contributed by atoms with E-state index < -0.39 is 0 Å². The van der Waals surface area contributed by atoms with E-state index in [1.165, 1.54) is 12.8 Å². The van der Waals surface area contributed by atoms with Crippen LogP contribution in [0.25, 0.3) is 0 Å². The molecule has 0 bridgehead atoms. The maximum absolute atomic E-state index is 9.26. The van der Waals surface area contributed by atoms with E-state index in [1.54, 1.807) is 0 Å². The van der Waals surface area contributed by atoms with Crippen LogP contribution in [-0.4, -0.2) is 17.8 Å². The highest BCUT2D eigenvalue weighted by molar-refractivity contribution is 5.85. The third-order valence-electron chi connectivity index (χ3n) is 2.16. The molecule has 1 saturated carbocycles. The second kappa shape index (κ2) is 4.94. The minimum atomic E-state index is -0.0476. The summed E-state index contributed by atoms with van der Waals surface area (Å²) < 4.78 is 0. The maximum atomic E-state index is 9.26. The first-order valence-electron chi connectivity index (χ1n) is 3.72. The Balaban J connectivity index is 0.000000810. The van der Waals surface area contributed by atoms with Crippen LogP contribution in [0.2, 0.25) is 0 Å². The third-order valence-corrected chi connectivity index (χ3v) is 2.16. The number of aliphatic hydroxyl groups is 1. The molecule has 1 aliphatic rings. The molecule has 1 rings (SSSR count). The molecule has 1 fully saturated rings. The summed E-state index contributed by atoms with van der Waals surface area (Å²) in [5, 5.41) is 9.26. The number of hydrogen-bond donors (Lipinski definition) is 2. The first-order valence-corrected chi connectivity index (χ1v) is 3.72. The van der Waals surface area contributed by atoms with Crippen molar-refractivity contribution in [2.45, 2.75) is 31.8 Å². The van der Waals surface area contributed by atoms with Gasteiger partial charge in [0, 0.05) is 0 Å². The second-order valence-corrected chi connectivity index (χ2v) is 2.84. The van der Waals surface area contributed by atoms with E-state index in [0.717, 1.165) is 19.4 Å². The molecule has 2 nitrogen and oxygen atoms in total. The van der Waals surface area contributed by atoms with Crippen LogP contribution < -0.4 is 5.73 Å². The van der Waals surface area contributed by atoms with Gasteiger partial charge in [0.15, 0.2) is 0 Å². The van der Waals surface area contributed by atoms with Gasteiger partial charge < -0.3 is 10.8 Å². The Labute approximate surface area is 68.2 Å². The normalized spacial score (nSPS) is 31.8. The van der Waals surface area contributed by atoms with E-state index in [4.69, 9.17) is 5.73 Å². The van der Waals surface area contributed by atoms with Gasteiger partial charge in [0.1, 0.15) is 0 Å². The predicted molar refractivity (Wildman–Crippen MR) is 44.3 cm³/mol. The SMILES string of the molecule is Cl.NCCC1CCCC1O. The van der Waals surface area contributed by atoms with E-state index in [9.17, 15) is 5.11 Å². The molecule has 2 unspecified atom stereocenters. The number of rotatable bonds is 2. The molecule has 0 aromatic rings. The topological polar surface area (TPSA) is 46.2 Å². The highest BCUT2D eigenvalue weighted by Crippen LogP contribution is 2.27. The van der Waals surface area contributed by atoms with Gasteiger partial charge in [-0.3, -0.25) is 0 Å². The molecule has 10 heavy (non-hydrogen) atoms. The number of aliphatic hydroxyl groups excluding tert-OH is 1. The van der Waals surface area contributed by atoms with Crippen LogP contribution in [0.1, 0.15) is 25.7 Å². The molecule has 0 saturated heterocycles. The fourth-order valence-corrected chi connectivity index (χ4v) is 1.57. The standard InChI is InChI=1S/C7H15NO.ClH/c8-5-4-6-2-1-3-7(6)9;/h6-7,9H,1-5,8H2;1H. The Hall–Kier alpha value is 0.210. The molecule has 62 valence electrons. The molecular weight excluding hydrogens is 150 g/mol. The van der Waals surface area contributed by atoms with Crippen molar-refractivity contribution in [2.24, 2.45) is 11.7 Å². The van der Waals surface area contributed by atoms with Crippen molar-refractivity contribution < 1.29 is 5.11 Å². The second-order valence-electron chi connectivity index (χ2n) is 2.84. The Morgan fingerprint density at radius 2 is 2.10 bits per heavy atom.